The van der Waals surface area contributed by atoms with Crippen molar-refractivity contribution in [2.24, 2.45) is 5.73 Å². The second-order valence-electron chi connectivity index (χ2n) is 6.19. The number of alkyl halides is 6. The van der Waals surface area contributed by atoms with E-state index in [9.17, 15) is 31.1 Å². The molecule has 0 aromatic heterocycles. The summed E-state index contributed by atoms with van der Waals surface area (Å²) in [6.45, 7) is -0.392. The van der Waals surface area contributed by atoms with Crippen molar-refractivity contribution in [2.45, 2.75) is 18.3 Å². The van der Waals surface area contributed by atoms with Gasteiger partial charge in [0.05, 0.1) is 38.8 Å². The number of carbonyl (C=O) groups excluding carboxylic acids is 1. The highest BCUT2D eigenvalue weighted by Gasteiger charge is 2.39. The van der Waals surface area contributed by atoms with Crippen LogP contribution in [0.1, 0.15) is 33.0 Å². The van der Waals surface area contributed by atoms with Crippen molar-refractivity contribution in [2.75, 3.05) is 6.67 Å². The zero-order valence-corrected chi connectivity index (χ0v) is 17.5. The fourth-order valence-corrected chi connectivity index (χ4v) is 3.27. The van der Waals surface area contributed by atoms with Gasteiger partial charge < -0.3 is 11.1 Å². The maximum atomic E-state index is 13.6. The third kappa shape index (κ3) is 6.29. The molecule has 0 saturated heterocycles. The Morgan fingerprint density at radius 3 is 2.10 bits per heavy atom. The van der Waals surface area contributed by atoms with Crippen molar-refractivity contribution in [1.82, 2.24) is 5.32 Å². The molecule has 1 atom stereocenters. The molecule has 0 aliphatic carbocycles. The second kappa shape index (κ2) is 9.68. The number of rotatable bonds is 5. The molecule has 2 rings (SSSR count). The fourth-order valence-electron chi connectivity index (χ4n) is 2.66. The van der Waals surface area contributed by atoms with Crippen LogP contribution in [0.3, 0.4) is 0 Å². The van der Waals surface area contributed by atoms with Crippen molar-refractivity contribution in [1.29, 1.82) is 0 Å². The van der Waals surface area contributed by atoms with Crippen LogP contribution >= 0.6 is 34.8 Å². The van der Waals surface area contributed by atoms with Gasteiger partial charge in [-0.3, -0.25) is 4.79 Å². The third-order valence-corrected chi connectivity index (χ3v) is 5.25. The van der Waals surface area contributed by atoms with E-state index in [1.165, 1.54) is 0 Å². The maximum absolute atomic E-state index is 13.6. The van der Waals surface area contributed by atoms with Gasteiger partial charge in [-0.2, -0.15) is 26.3 Å². The molecule has 1 amide bonds. The highest BCUT2D eigenvalue weighted by atomic mass is 35.5. The first-order valence-electron chi connectivity index (χ1n) is 8.34. The summed E-state index contributed by atoms with van der Waals surface area (Å²) < 4.78 is 80.8. The Morgan fingerprint density at radius 1 is 1.03 bits per heavy atom. The second-order valence-corrected chi connectivity index (χ2v) is 7.38. The molecular formula is C19H13Cl3F6N2O. The lowest BCUT2D eigenvalue weighted by Crippen LogP contribution is -2.31. The molecule has 2 aromatic carbocycles. The van der Waals surface area contributed by atoms with Gasteiger partial charge >= 0.3 is 12.4 Å². The van der Waals surface area contributed by atoms with Gasteiger partial charge in [-0.05, 0) is 35.4 Å². The Bertz CT molecular complexity index is 982. The monoisotopic (exact) mass is 504 g/mol. The number of halogens is 9. The van der Waals surface area contributed by atoms with Gasteiger partial charge in [-0.15, -0.1) is 0 Å². The smallest absolute Gasteiger partial charge is 0.340 e. The lowest BCUT2D eigenvalue weighted by molar-refractivity contribution is -0.139. The van der Waals surface area contributed by atoms with Crippen molar-refractivity contribution in [3.63, 3.8) is 0 Å². The summed E-state index contributed by atoms with van der Waals surface area (Å²) in [4.78, 5) is 11.8. The molecule has 3 nitrogen and oxygen atoms in total. The lowest BCUT2D eigenvalue weighted by atomic mass is 9.96. The average molecular weight is 506 g/mol. The first kappa shape index (κ1) is 25.3. The van der Waals surface area contributed by atoms with Gasteiger partial charge in [-0.25, -0.2) is 0 Å². The number of hydrogen-bond donors (Lipinski definition) is 2. The van der Waals surface area contributed by atoms with Crippen molar-refractivity contribution in [3.05, 3.63) is 73.7 Å². The number of allylic oxidation sites excluding steroid dienone is 1. The number of benzene rings is 2. The molecular weight excluding hydrogens is 493 g/mol. The Kier molecular flexibility index (Phi) is 7.91. The zero-order chi connectivity index (χ0) is 23.6. The standard InChI is InChI=1S/C19H13Cl3F6N2O/c20-14-6-10(7-15(21)16(14)22)12(18(23,24)25)4-2-9-1-3-11(17(31)30-8-29)13(5-9)19(26,27)28/h1-7,12H,8,29H2,(H,30,31). The molecule has 0 aliphatic heterocycles. The van der Waals surface area contributed by atoms with Crippen LogP contribution in [0.4, 0.5) is 26.3 Å². The van der Waals surface area contributed by atoms with Crippen LogP contribution in [0.5, 0.6) is 0 Å². The van der Waals surface area contributed by atoms with E-state index in [0.29, 0.717) is 12.1 Å². The van der Waals surface area contributed by atoms with E-state index in [2.05, 4.69) is 0 Å². The van der Waals surface area contributed by atoms with E-state index in [4.69, 9.17) is 40.5 Å². The highest BCUT2D eigenvalue weighted by Crippen LogP contribution is 2.41. The van der Waals surface area contributed by atoms with Crippen molar-refractivity contribution >= 4 is 46.8 Å². The summed E-state index contributed by atoms with van der Waals surface area (Å²) in [6.07, 6.45) is -8.21. The average Bonchev–Trinajstić information content (AvgIpc) is 2.64. The largest absolute Gasteiger partial charge is 0.417 e. The lowest BCUT2D eigenvalue weighted by Gasteiger charge is -2.18. The van der Waals surface area contributed by atoms with Gasteiger partial charge in [0.15, 0.2) is 0 Å². The van der Waals surface area contributed by atoms with Crippen LogP contribution in [0.25, 0.3) is 6.08 Å². The summed E-state index contributed by atoms with van der Waals surface area (Å²) >= 11 is 17.3. The van der Waals surface area contributed by atoms with E-state index in [0.717, 1.165) is 30.3 Å². The summed E-state index contributed by atoms with van der Waals surface area (Å²) in [7, 11) is 0. The normalized spacial score (nSPS) is 13.5. The van der Waals surface area contributed by atoms with Crippen molar-refractivity contribution < 1.29 is 31.1 Å². The summed E-state index contributed by atoms with van der Waals surface area (Å²) in [5.41, 5.74) is 2.52. The van der Waals surface area contributed by atoms with Gasteiger partial charge in [0.25, 0.3) is 5.91 Å². The first-order valence-corrected chi connectivity index (χ1v) is 9.48. The van der Waals surface area contributed by atoms with E-state index < -0.39 is 42.0 Å². The molecule has 0 radical (unpaired) electrons. The molecule has 0 heterocycles. The molecule has 168 valence electrons. The molecule has 0 bridgehead atoms. The quantitative estimate of drug-likeness (QED) is 0.271. The third-order valence-electron chi connectivity index (χ3n) is 4.06. The molecule has 3 N–H and O–H groups in total. The van der Waals surface area contributed by atoms with Crippen LogP contribution in [0, 0.1) is 0 Å². The minimum absolute atomic E-state index is 0.127. The van der Waals surface area contributed by atoms with E-state index in [-0.39, 0.29) is 26.2 Å². The molecule has 0 fully saturated rings. The van der Waals surface area contributed by atoms with Crippen LogP contribution < -0.4 is 11.1 Å². The summed E-state index contributed by atoms with van der Waals surface area (Å²) in [5, 5.41) is 1.50. The topological polar surface area (TPSA) is 55.1 Å². The van der Waals surface area contributed by atoms with Crippen LogP contribution in [-0.4, -0.2) is 18.8 Å². The minimum atomic E-state index is -4.92. The number of amides is 1. The Hall–Kier alpha value is -1.94. The molecule has 12 heteroatoms. The molecule has 0 spiro atoms. The Balaban J connectivity index is 2.51. The molecule has 1 unspecified atom stereocenters. The van der Waals surface area contributed by atoms with Crippen LogP contribution in [-0.2, 0) is 6.18 Å². The molecule has 0 aliphatic rings. The van der Waals surface area contributed by atoms with Crippen LogP contribution in [0.15, 0.2) is 36.4 Å². The SMILES string of the molecule is NCNC(=O)c1ccc(C=CC(c2cc(Cl)c(Cl)c(Cl)c2)C(F)(F)F)cc1C(F)(F)F. The van der Waals surface area contributed by atoms with Gasteiger partial charge in [-0.1, -0.05) is 53.0 Å². The predicted octanol–water partition coefficient (Wildman–Crippen LogP) is 6.67. The predicted molar refractivity (Wildman–Crippen MR) is 107 cm³/mol. The summed E-state index contributed by atoms with van der Waals surface area (Å²) in [6, 6.07) is 4.44. The Morgan fingerprint density at radius 2 is 1.61 bits per heavy atom. The van der Waals surface area contributed by atoms with Gasteiger partial charge in [0.1, 0.15) is 0 Å². The van der Waals surface area contributed by atoms with E-state index in [1.807, 2.05) is 5.32 Å². The zero-order valence-electron chi connectivity index (χ0n) is 15.2. The van der Waals surface area contributed by atoms with Gasteiger partial charge in [0.2, 0.25) is 0 Å². The first-order chi connectivity index (χ1) is 14.3. The molecule has 2 aromatic rings. The number of carbonyl (C=O) groups is 1. The minimum Gasteiger partial charge on any atom is -0.340 e. The van der Waals surface area contributed by atoms with E-state index in [1.54, 1.807) is 0 Å². The highest BCUT2D eigenvalue weighted by molar-refractivity contribution is 6.48. The number of nitrogens with one attached hydrogen (secondary N) is 1. The molecule has 0 saturated carbocycles. The maximum Gasteiger partial charge on any atom is 0.417 e. The van der Waals surface area contributed by atoms with Crippen molar-refractivity contribution in [3.8, 4) is 0 Å². The Labute approximate surface area is 187 Å². The summed E-state index contributed by atoms with van der Waals surface area (Å²) in [5.74, 6) is -3.29. The van der Waals surface area contributed by atoms with Crippen LogP contribution in [0.2, 0.25) is 15.1 Å². The van der Waals surface area contributed by atoms with E-state index >= 15 is 0 Å². The number of hydrogen-bond acceptors (Lipinski definition) is 2. The number of nitrogens with two attached hydrogens (primary N) is 1. The molecule has 31 heavy (non-hydrogen) atoms. The van der Waals surface area contributed by atoms with Gasteiger partial charge in [0, 0.05) is 0 Å². The fraction of sp³-hybridized carbons (Fsp3) is 0.211.